The number of hydrogen-bond donors (Lipinski definition) is 0. The molecular weight excluding hydrogens is 208 g/mol. The summed E-state index contributed by atoms with van der Waals surface area (Å²) in [5, 5.41) is 0.0771. The van der Waals surface area contributed by atoms with E-state index in [9.17, 15) is 4.79 Å². The predicted molar refractivity (Wildman–Crippen MR) is 62.7 cm³/mol. The van der Waals surface area contributed by atoms with Gasteiger partial charge in [0.05, 0.1) is 20.6 Å². The Hall–Kier alpha value is -0.353. The van der Waals surface area contributed by atoms with Crippen LogP contribution in [-0.4, -0.2) is 33.2 Å². The van der Waals surface area contributed by atoms with Gasteiger partial charge in [0.2, 0.25) is 0 Å². The maximum atomic E-state index is 10.7. The maximum absolute atomic E-state index is 10.7. The molecule has 0 saturated carbocycles. The lowest BCUT2D eigenvalue weighted by molar-refractivity contribution is -0.142. The monoisotopic (exact) mass is 230 g/mol. The molecule has 0 aliphatic carbocycles. The van der Waals surface area contributed by atoms with Gasteiger partial charge < -0.3 is 9.47 Å². The second-order valence-electron chi connectivity index (χ2n) is 4.62. The van der Waals surface area contributed by atoms with Crippen molar-refractivity contribution >= 4 is 14.8 Å². The first-order chi connectivity index (χ1) is 7.07. The number of ether oxygens (including phenoxy) is 2. The van der Waals surface area contributed by atoms with Crippen molar-refractivity contribution in [3.63, 3.8) is 0 Å². The molecule has 0 amide bonds. The Morgan fingerprint density at radius 2 is 2.20 bits per heavy atom. The molecule has 0 aromatic rings. The van der Waals surface area contributed by atoms with Gasteiger partial charge in [-0.3, -0.25) is 4.79 Å². The average Bonchev–Trinajstić information content (AvgIpc) is 2.18. The van der Waals surface area contributed by atoms with Crippen LogP contribution in [0.25, 0.3) is 0 Å². The van der Waals surface area contributed by atoms with E-state index in [-0.39, 0.29) is 11.2 Å². The Morgan fingerprint density at radius 1 is 1.47 bits per heavy atom. The van der Waals surface area contributed by atoms with Crippen LogP contribution in [0, 0.1) is 0 Å². The highest BCUT2D eigenvalue weighted by Crippen LogP contribution is 2.30. The Morgan fingerprint density at radius 3 is 2.67 bits per heavy atom. The van der Waals surface area contributed by atoms with Crippen LogP contribution in [0.4, 0.5) is 0 Å². The Bertz CT molecular complexity index is 210. The third-order valence-electron chi connectivity index (χ3n) is 3.27. The van der Waals surface area contributed by atoms with Crippen molar-refractivity contribution in [1.29, 1.82) is 0 Å². The molecule has 1 rings (SSSR count). The van der Waals surface area contributed by atoms with E-state index < -0.39 is 8.80 Å². The van der Waals surface area contributed by atoms with Crippen LogP contribution < -0.4 is 0 Å². The van der Waals surface area contributed by atoms with Gasteiger partial charge in [0.1, 0.15) is 0 Å². The number of carbonyl (C=O) groups is 1. The van der Waals surface area contributed by atoms with E-state index >= 15 is 0 Å². The Balaban J connectivity index is 2.45. The van der Waals surface area contributed by atoms with E-state index in [1.807, 2.05) is 0 Å². The molecule has 1 saturated heterocycles. The quantitative estimate of drug-likeness (QED) is 0.546. The zero-order chi connectivity index (χ0) is 11.3. The highest BCUT2D eigenvalue weighted by Gasteiger charge is 2.36. The fraction of sp³-hybridized carbons (Fsp3) is 0.909. The van der Waals surface area contributed by atoms with Gasteiger partial charge in [-0.2, -0.15) is 0 Å². The van der Waals surface area contributed by atoms with Crippen LogP contribution in [0.5, 0.6) is 0 Å². The van der Waals surface area contributed by atoms with Crippen molar-refractivity contribution in [2.45, 2.75) is 50.9 Å². The van der Waals surface area contributed by atoms with Crippen molar-refractivity contribution in [1.82, 2.24) is 0 Å². The first-order valence-electron chi connectivity index (χ1n) is 5.84. The fourth-order valence-corrected chi connectivity index (χ4v) is 4.11. The van der Waals surface area contributed by atoms with Crippen molar-refractivity contribution in [3.8, 4) is 0 Å². The van der Waals surface area contributed by atoms with E-state index in [2.05, 4.69) is 13.1 Å². The van der Waals surface area contributed by atoms with Crippen LogP contribution >= 0.6 is 0 Å². The highest BCUT2D eigenvalue weighted by atomic mass is 28.3. The Kier molecular flexibility index (Phi) is 4.79. The number of esters is 1. The van der Waals surface area contributed by atoms with Crippen LogP contribution in [0.1, 0.15) is 32.6 Å². The minimum Gasteiger partial charge on any atom is -0.466 e. The molecule has 88 valence electrons. The molecule has 1 fully saturated rings. The van der Waals surface area contributed by atoms with Gasteiger partial charge in [-0.05, 0) is 19.3 Å². The molecule has 0 aromatic carbocycles. The number of hydrogen-bond acceptors (Lipinski definition) is 3. The van der Waals surface area contributed by atoms with E-state index in [1.165, 1.54) is 19.8 Å². The summed E-state index contributed by atoms with van der Waals surface area (Å²) in [5.74, 6) is -0.189. The van der Waals surface area contributed by atoms with Gasteiger partial charge in [0.15, 0.2) is 0 Å². The molecule has 1 atom stereocenters. The van der Waals surface area contributed by atoms with Crippen molar-refractivity contribution in [3.05, 3.63) is 0 Å². The molecule has 0 bridgehead atoms. The lowest BCUT2D eigenvalue weighted by Gasteiger charge is -2.40. The minimum absolute atomic E-state index is 0.0771. The minimum atomic E-state index is -0.864. The van der Waals surface area contributed by atoms with Gasteiger partial charge in [0.25, 0.3) is 0 Å². The van der Waals surface area contributed by atoms with E-state index in [4.69, 9.17) is 9.47 Å². The summed E-state index contributed by atoms with van der Waals surface area (Å²) in [6.45, 7) is 7.49. The van der Waals surface area contributed by atoms with Crippen LogP contribution in [0.2, 0.25) is 13.1 Å². The van der Waals surface area contributed by atoms with Gasteiger partial charge in [0, 0.05) is 20.0 Å². The summed E-state index contributed by atoms with van der Waals surface area (Å²) in [6.07, 6.45) is 4.47. The summed E-state index contributed by atoms with van der Waals surface area (Å²) in [7, 11) is -0.864. The third-order valence-corrected chi connectivity index (χ3v) is 6.11. The zero-order valence-electron chi connectivity index (χ0n) is 10.0. The fourth-order valence-electron chi connectivity index (χ4n) is 2.18. The zero-order valence-corrected chi connectivity index (χ0v) is 11.2. The number of rotatable bonds is 4. The molecule has 1 aliphatic heterocycles. The second kappa shape index (κ2) is 5.65. The molecule has 0 aromatic heterocycles. The highest BCUT2D eigenvalue weighted by molar-refractivity contribution is 6.59. The molecule has 4 heteroatoms. The van der Waals surface area contributed by atoms with Crippen LogP contribution in [-0.2, 0) is 14.3 Å². The lowest BCUT2D eigenvalue weighted by atomic mass is 10.1. The van der Waals surface area contributed by atoms with E-state index in [0.29, 0.717) is 6.61 Å². The summed E-state index contributed by atoms with van der Waals surface area (Å²) < 4.78 is 11.0. The summed E-state index contributed by atoms with van der Waals surface area (Å²) >= 11 is 0. The van der Waals surface area contributed by atoms with Gasteiger partial charge in [-0.25, -0.2) is 0 Å². The smallest absolute Gasteiger partial charge is 0.302 e. The number of carbonyl (C=O) groups excluding carboxylic acids is 1. The molecule has 1 heterocycles. The summed E-state index contributed by atoms with van der Waals surface area (Å²) in [6, 6.07) is 0. The third kappa shape index (κ3) is 3.61. The van der Waals surface area contributed by atoms with Crippen molar-refractivity contribution in [2.24, 2.45) is 0 Å². The maximum Gasteiger partial charge on any atom is 0.302 e. The van der Waals surface area contributed by atoms with Crippen molar-refractivity contribution in [2.75, 3.05) is 13.2 Å². The molecule has 3 nitrogen and oxygen atoms in total. The Labute approximate surface area is 93.7 Å². The van der Waals surface area contributed by atoms with Gasteiger partial charge >= 0.3 is 5.97 Å². The molecule has 1 unspecified atom stereocenters. The normalized spacial score (nSPS) is 26.7. The molecule has 0 spiro atoms. The summed E-state index contributed by atoms with van der Waals surface area (Å²) in [5.41, 5.74) is 0. The lowest BCUT2D eigenvalue weighted by Crippen LogP contribution is -2.48. The van der Waals surface area contributed by atoms with Crippen LogP contribution in [0.15, 0.2) is 0 Å². The van der Waals surface area contributed by atoms with Crippen LogP contribution in [0.3, 0.4) is 0 Å². The molecular formula is C11H22O3Si. The summed E-state index contributed by atoms with van der Waals surface area (Å²) in [4.78, 5) is 10.7. The largest absolute Gasteiger partial charge is 0.466 e. The average molecular weight is 230 g/mol. The van der Waals surface area contributed by atoms with E-state index in [0.717, 1.165) is 19.4 Å². The topological polar surface area (TPSA) is 35.5 Å². The molecule has 1 aliphatic rings. The first kappa shape index (κ1) is 12.7. The second-order valence-corrected chi connectivity index (χ2v) is 7.98. The van der Waals surface area contributed by atoms with Crippen molar-refractivity contribution < 1.29 is 14.3 Å². The molecule has 0 radical (unpaired) electrons. The predicted octanol–water partition coefficient (Wildman–Crippen LogP) is 1.90. The van der Waals surface area contributed by atoms with Gasteiger partial charge in [-0.1, -0.05) is 13.1 Å². The standard InChI is InChI=1S/C11H22O3Si/c1-10(12)13-9-7-11(15(2)3)6-4-5-8-14-11/h15H,4-9H2,1-3H3. The molecule has 15 heavy (non-hydrogen) atoms. The first-order valence-corrected chi connectivity index (χ1v) is 8.73. The molecule has 0 N–H and O–H groups in total. The SMILES string of the molecule is CC(=O)OCCC1([SiH](C)C)CCCCO1. The van der Waals surface area contributed by atoms with E-state index in [1.54, 1.807) is 0 Å². The van der Waals surface area contributed by atoms with Gasteiger partial charge in [-0.15, -0.1) is 0 Å².